The maximum absolute atomic E-state index is 12.6. The Balaban J connectivity index is 2.12. The first-order chi connectivity index (χ1) is 11.6. The molecule has 4 nitrogen and oxygen atoms in total. The topological polar surface area (TPSA) is 49.4 Å². The van der Waals surface area contributed by atoms with Gasteiger partial charge in [-0.15, -0.1) is 0 Å². The fourth-order valence-electron chi connectivity index (χ4n) is 2.12. The van der Waals surface area contributed by atoms with Gasteiger partial charge in [-0.05, 0) is 20.2 Å². The highest BCUT2D eigenvalue weighted by molar-refractivity contribution is 6.15. The lowest BCUT2D eigenvalue weighted by atomic mass is 9.98. The predicted molar refractivity (Wildman–Crippen MR) is 95.0 cm³/mol. The summed E-state index contributed by atoms with van der Waals surface area (Å²) in [6.45, 7) is 0.888. The summed E-state index contributed by atoms with van der Waals surface area (Å²) in [4.78, 5) is 26.9. The van der Waals surface area contributed by atoms with E-state index in [1.54, 1.807) is 48.5 Å². The highest BCUT2D eigenvalue weighted by Crippen LogP contribution is 2.14. The van der Waals surface area contributed by atoms with Crippen LogP contribution in [0, 0.1) is 11.8 Å². The third kappa shape index (κ3) is 4.80. The summed E-state index contributed by atoms with van der Waals surface area (Å²) in [7, 11) is 3.86. The first kappa shape index (κ1) is 17.5. The molecule has 0 aromatic heterocycles. The van der Waals surface area contributed by atoms with Gasteiger partial charge in [0.25, 0.3) is 5.91 Å². The number of nitrogens with zero attached hydrogens (tertiary/aromatic N) is 1. The van der Waals surface area contributed by atoms with Crippen LogP contribution in [0.4, 0.5) is 0 Å². The first-order valence-electron chi connectivity index (χ1n) is 7.67. The van der Waals surface area contributed by atoms with E-state index >= 15 is 0 Å². The molecule has 4 heteroatoms. The van der Waals surface area contributed by atoms with Crippen molar-refractivity contribution in [3.63, 3.8) is 0 Å². The summed E-state index contributed by atoms with van der Waals surface area (Å²) in [5.41, 5.74) is 1.31. The highest BCUT2D eigenvalue weighted by atomic mass is 16.2. The molecule has 2 rings (SSSR count). The van der Waals surface area contributed by atoms with E-state index in [1.807, 2.05) is 25.1 Å². The van der Waals surface area contributed by atoms with Crippen LogP contribution in [0.2, 0.25) is 0 Å². The molecule has 2 aromatic carbocycles. The van der Waals surface area contributed by atoms with Crippen LogP contribution in [-0.4, -0.2) is 43.8 Å². The van der Waals surface area contributed by atoms with Crippen molar-refractivity contribution in [3.8, 4) is 11.8 Å². The monoisotopic (exact) mass is 320 g/mol. The van der Waals surface area contributed by atoms with E-state index < -0.39 is 0 Å². The number of carbonyl (C=O) groups excluding carboxylic acids is 2. The lowest BCUT2D eigenvalue weighted by molar-refractivity contribution is 0.0946. The van der Waals surface area contributed by atoms with Crippen molar-refractivity contribution in [3.05, 3.63) is 71.3 Å². The van der Waals surface area contributed by atoms with Crippen molar-refractivity contribution in [1.29, 1.82) is 0 Å². The van der Waals surface area contributed by atoms with Crippen molar-refractivity contribution in [2.24, 2.45) is 0 Å². The first-order valence-corrected chi connectivity index (χ1v) is 7.67. The average molecular weight is 320 g/mol. The lowest BCUT2D eigenvalue weighted by Crippen LogP contribution is -2.26. The summed E-state index contributed by atoms with van der Waals surface area (Å²) in [6.07, 6.45) is 0. The zero-order chi connectivity index (χ0) is 17.4. The molecule has 0 aliphatic rings. The van der Waals surface area contributed by atoms with Crippen LogP contribution in [0.5, 0.6) is 0 Å². The van der Waals surface area contributed by atoms with Crippen molar-refractivity contribution in [2.75, 3.05) is 27.2 Å². The highest BCUT2D eigenvalue weighted by Gasteiger charge is 2.17. The number of benzene rings is 2. The molecule has 0 saturated heterocycles. The van der Waals surface area contributed by atoms with E-state index in [0.29, 0.717) is 23.2 Å². The van der Waals surface area contributed by atoms with Gasteiger partial charge in [-0.1, -0.05) is 60.4 Å². The van der Waals surface area contributed by atoms with Gasteiger partial charge in [0.15, 0.2) is 5.78 Å². The van der Waals surface area contributed by atoms with E-state index in [0.717, 1.165) is 0 Å². The molecule has 0 radical (unpaired) electrons. The van der Waals surface area contributed by atoms with Crippen LogP contribution in [0.3, 0.4) is 0 Å². The summed E-state index contributed by atoms with van der Waals surface area (Å²) in [5.74, 6) is 5.37. The van der Waals surface area contributed by atoms with Crippen LogP contribution < -0.4 is 5.32 Å². The van der Waals surface area contributed by atoms with Gasteiger partial charge in [0, 0.05) is 11.1 Å². The molecule has 0 spiro atoms. The fourth-order valence-corrected chi connectivity index (χ4v) is 2.12. The van der Waals surface area contributed by atoms with Crippen molar-refractivity contribution in [2.45, 2.75) is 0 Å². The maximum Gasteiger partial charge on any atom is 0.252 e. The Morgan fingerprint density at radius 3 is 2.21 bits per heavy atom. The van der Waals surface area contributed by atoms with Crippen LogP contribution in [0.1, 0.15) is 26.3 Å². The van der Waals surface area contributed by atoms with Gasteiger partial charge in [-0.25, -0.2) is 0 Å². The molecular formula is C20H20N2O2. The molecular weight excluding hydrogens is 300 g/mol. The van der Waals surface area contributed by atoms with Gasteiger partial charge < -0.3 is 5.32 Å². The number of nitrogens with one attached hydrogen (secondary N) is 1. The van der Waals surface area contributed by atoms with Gasteiger partial charge >= 0.3 is 0 Å². The van der Waals surface area contributed by atoms with Crippen molar-refractivity contribution < 1.29 is 9.59 Å². The number of hydrogen-bond donors (Lipinski definition) is 1. The summed E-state index contributed by atoms with van der Waals surface area (Å²) >= 11 is 0. The van der Waals surface area contributed by atoms with Crippen LogP contribution in [0.25, 0.3) is 0 Å². The third-order valence-corrected chi connectivity index (χ3v) is 3.31. The molecule has 1 N–H and O–H groups in total. The number of carbonyl (C=O) groups is 2. The van der Waals surface area contributed by atoms with Gasteiger partial charge in [0.05, 0.1) is 18.7 Å². The predicted octanol–water partition coefficient (Wildman–Crippen LogP) is 2.21. The van der Waals surface area contributed by atoms with Crippen LogP contribution in [-0.2, 0) is 0 Å². The molecule has 2 aromatic rings. The Morgan fingerprint density at radius 1 is 0.917 bits per heavy atom. The van der Waals surface area contributed by atoms with E-state index in [2.05, 4.69) is 17.2 Å². The molecule has 0 aliphatic carbocycles. The van der Waals surface area contributed by atoms with Crippen molar-refractivity contribution >= 4 is 11.7 Å². The van der Waals surface area contributed by atoms with Crippen LogP contribution in [0.15, 0.2) is 54.6 Å². The Labute approximate surface area is 142 Å². The number of hydrogen-bond acceptors (Lipinski definition) is 3. The molecule has 0 saturated carbocycles. The Hall–Kier alpha value is -2.90. The molecule has 0 heterocycles. The lowest BCUT2D eigenvalue weighted by Gasteiger charge is -2.08. The molecule has 0 aliphatic heterocycles. The van der Waals surface area contributed by atoms with Gasteiger partial charge in [0.1, 0.15) is 0 Å². The molecule has 0 bridgehead atoms. The zero-order valence-electron chi connectivity index (χ0n) is 13.9. The number of amides is 1. The van der Waals surface area contributed by atoms with Gasteiger partial charge in [0.2, 0.25) is 0 Å². The molecule has 24 heavy (non-hydrogen) atoms. The SMILES string of the molecule is CN(C)CC#CCNC(=O)c1ccccc1C(=O)c1ccccc1. The van der Waals surface area contributed by atoms with Gasteiger partial charge in [-0.2, -0.15) is 0 Å². The Kier molecular flexibility index (Phi) is 6.30. The second-order valence-corrected chi connectivity index (χ2v) is 5.51. The Bertz CT molecular complexity index is 771. The average Bonchev–Trinajstić information content (AvgIpc) is 2.61. The van der Waals surface area contributed by atoms with E-state index in [1.165, 1.54) is 0 Å². The van der Waals surface area contributed by atoms with Crippen molar-refractivity contribution in [1.82, 2.24) is 10.2 Å². The molecule has 1 amide bonds. The van der Waals surface area contributed by atoms with Crippen LogP contribution >= 0.6 is 0 Å². The second kappa shape index (κ2) is 8.66. The minimum atomic E-state index is -0.297. The summed E-state index contributed by atoms with van der Waals surface area (Å²) in [5, 5.41) is 2.74. The largest absolute Gasteiger partial charge is 0.341 e. The normalized spacial score (nSPS) is 9.96. The standard InChI is InChI=1S/C20H20N2O2/c1-22(2)15-9-8-14-21-20(24)18-13-7-6-12-17(18)19(23)16-10-4-3-5-11-16/h3-7,10-13H,14-15H2,1-2H3,(H,21,24). The Morgan fingerprint density at radius 2 is 1.54 bits per heavy atom. The van der Waals surface area contributed by atoms with E-state index in [9.17, 15) is 9.59 Å². The minimum absolute atomic E-state index is 0.167. The summed E-state index contributed by atoms with van der Waals surface area (Å²) < 4.78 is 0. The minimum Gasteiger partial charge on any atom is -0.341 e. The maximum atomic E-state index is 12.6. The zero-order valence-corrected chi connectivity index (χ0v) is 13.9. The smallest absolute Gasteiger partial charge is 0.252 e. The molecule has 0 atom stereocenters. The molecule has 0 fully saturated rings. The number of rotatable bonds is 5. The third-order valence-electron chi connectivity index (χ3n) is 3.31. The second-order valence-electron chi connectivity index (χ2n) is 5.51. The molecule has 0 unspecified atom stereocenters. The number of ketones is 1. The van der Waals surface area contributed by atoms with Gasteiger partial charge in [-0.3, -0.25) is 14.5 Å². The van der Waals surface area contributed by atoms with E-state index in [-0.39, 0.29) is 18.2 Å². The molecule has 122 valence electrons. The fraction of sp³-hybridized carbons (Fsp3) is 0.200. The quantitative estimate of drug-likeness (QED) is 0.679. The summed E-state index contributed by atoms with van der Waals surface area (Å²) in [6, 6.07) is 15.8. The van der Waals surface area contributed by atoms with E-state index in [4.69, 9.17) is 0 Å².